The topological polar surface area (TPSA) is 109 Å². The molecule has 3 heterocycles. The Labute approximate surface area is 207 Å². The van der Waals surface area contributed by atoms with Crippen LogP contribution in [0.4, 0.5) is 4.39 Å². The molecule has 0 radical (unpaired) electrons. The summed E-state index contributed by atoms with van der Waals surface area (Å²) in [5, 5.41) is 28.2. The van der Waals surface area contributed by atoms with Gasteiger partial charge < -0.3 is 5.73 Å². The van der Waals surface area contributed by atoms with Gasteiger partial charge in [-0.25, -0.2) is 8.91 Å². The summed E-state index contributed by atoms with van der Waals surface area (Å²) in [6, 6.07) is 10.7. The van der Waals surface area contributed by atoms with Crippen molar-refractivity contribution >= 4 is 17.3 Å². The van der Waals surface area contributed by atoms with E-state index in [1.807, 2.05) is 18.5 Å². The van der Waals surface area contributed by atoms with E-state index in [2.05, 4.69) is 35.8 Å². The van der Waals surface area contributed by atoms with E-state index in [1.165, 1.54) is 30.1 Å². The highest BCUT2D eigenvalue weighted by atomic mass is 32.2. The average Bonchev–Trinajstić information content (AvgIpc) is 3.43. The number of nitrogens with zero attached hydrogens (tertiary/aromatic N) is 6. The molecule has 0 saturated heterocycles. The van der Waals surface area contributed by atoms with Gasteiger partial charge in [0.1, 0.15) is 18.0 Å². The molecule has 35 heavy (non-hydrogen) atoms. The van der Waals surface area contributed by atoms with Crippen molar-refractivity contribution in [3.63, 3.8) is 0 Å². The fourth-order valence-corrected chi connectivity index (χ4v) is 5.84. The Morgan fingerprint density at radius 3 is 2.54 bits per heavy atom. The number of nitrogens with two attached hydrogens (primary N) is 1. The number of pyridine rings is 1. The van der Waals surface area contributed by atoms with Gasteiger partial charge in [-0.2, -0.15) is 20.7 Å². The van der Waals surface area contributed by atoms with Crippen LogP contribution in [0.1, 0.15) is 55.5 Å². The first-order valence-electron chi connectivity index (χ1n) is 11.4. The van der Waals surface area contributed by atoms with Crippen molar-refractivity contribution in [2.75, 3.05) is 0 Å². The minimum atomic E-state index is -0.465. The van der Waals surface area contributed by atoms with Gasteiger partial charge >= 0.3 is 0 Å². The fourth-order valence-electron chi connectivity index (χ4n) is 4.77. The highest BCUT2D eigenvalue weighted by molar-refractivity contribution is 7.99. The maximum absolute atomic E-state index is 13.7. The molecule has 0 unspecified atom stereocenters. The van der Waals surface area contributed by atoms with Crippen molar-refractivity contribution in [1.82, 2.24) is 19.4 Å². The Morgan fingerprint density at radius 2 is 1.83 bits per heavy atom. The van der Waals surface area contributed by atoms with Crippen LogP contribution in [0.3, 0.4) is 0 Å². The van der Waals surface area contributed by atoms with E-state index in [9.17, 15) is 14.9 Å². The van der Waals surface area contributed by atoms with Gasteiger partial charge in [0.2, 0.25) is 0 Å². The normalized spacial score (nSPS) is 20.0. The molecule has 5 rings (SSSR count). The lowest BCUT2D eigenvalue weighted by molar-refractivity contribution is 0.238. The molecule has 0 atom stereocenters. The van der Waals surface area contributed by atoms with Crippen molar-refractivity contribution < 1.29 is 4.39 Å². The zero-order valence-corrected chi connectivity index (χ0v) is 20.3. The zero-order valence-electron chi connectivity index (χ0n) is 19.5. The summed E-state index contributed by atoms with van der Waals surface area (Å²) in [5.41, 5.74) is 10.5. The van der Waals surface area contributed by atoms with Crippen molar-refractivity contribution in [1.29, 1.82) is 10.5 Å². The molecule has 4 aromatic rings. The van der Waals surface area contributed by atoms with Crippen LogP contribution in [0.2, 0.25) is 0 Å². The van der Waals surface area contributed by atoms with Crippen molar-refractivity contribution in [2.45, 2.75) is 60.9 Å². The molecule has 1 aliphatic rings. The van der Waals surface area contributed by atoms with Gasteiger partial charge in [0.05, 0.1) is 35.1 Å². The van der Waals surface area contributed by atoms with Crippen molar-refractivity contribution in [3.05, 3.63) is 65.5 Å². The van der Waals surface area contributed by atoms with E-state index in [0.29, 0.717) is 22.0 Å². The second kappa shape index (κ2) is 8.84. The Hall–Kier alpha value is -3.66. The lowest BCUT2D eigenvalue weighted by atomic mass is 9.81. The van der Waals surface area contributed by atoms with Gasteiger partial charge in [0.25, 0.3) is 0 Å². The van der Waals surface area contributed by atoms with Crippen LogP contribution < -0.4 is 5.73 Å². The van der Waals surface area contributed by atoms with Crippen LogP contribution >= 0.6 is 11.8 Å². The Kier molecular flexibility index (Phi) is 5.84. The summed E-state index contributed by atoms with van der Waals surface area (Å²) in [5.74, 6) is -0.465. The minimum absolute atomic E-state index is 0.112. The summed E-state index contributed by atoms with van der Waals surface area (Å²) in [7, 11) is 0. The third-order valence-electron chi connectivity index (χ3n) is 6.78. The molecule has 1 aliphatic carbocycles. The van der Waals surface area contributed by atoms with Gasteiger partial charge in [0.15, 0.2) is 0 Å². The standard InChI is InChI=1S/C26H24FN7S/c1-16-22(14-32-34(16)21-5-7-26(2,30)8-6-21)18-10-24(25-19(12-29)13-31-33(25)15-18)35-23-4-3-20(27)9-17(23)11-28/h3-4,9-10,13-15,21H,5-8,30H2,1-2H3/t21-,26+. The van der Waals surface area contributed by atoms with Gasteiger partial charge in [-0.05, 0) is 63.8 Å². The second-order valence-corrected chi connectivity index (χ2v) is 10.5. The number of nitriles is 2. The number of rotatable bonds is 4. The molecule has 1 aromatic carbocycles. The fraction of sp³-hybridized carbons (Fsp3) is 0.308. The summed E-state index contributed by atoms with van der Waals surface area (Å²) in [6.07, 6.45) is 9.19. The molecule has 1 fully saturated rings. The summed E-state index contributed by atoms with van der Waals surface area (Å²) < 4.78 is 17.5. The van der Waals surface area contributed by atoms with E-state index < -0.39 is 5.82 Å². The molecule has 176 valence electrons. The summed E-state index contributed by atoms with van der Waals surface area (Å²) in [4.78, 5) is 1.36. The largest absolute Gasteiger partial charge is 0.325 e. The van der Waals surface area contributed by atoms with E-state index in [1.54, 1.807) is 10.6 Å². The molecule has 9 heteroatoms. The number of benzene rings is 1. The van der Waals surface area contributed by atoms with Crippen LogP contribution in [0.25, 0.3) is 16.6 Å². The first-order chi connectivity index (χ1) is 16.8. The molecular weight excluding hydrogens is 461 g/mol. The Morgan fingerprint density at radius 1 is 1.09 bits per heavy atom. The van der Waals surface area contributed by atoms with Gasteiger partial charge in [0, 0.05) is 38.3 Å². The third-order valence-corrected chi connectivity index (χ3v) is 7.89. The maximum Gasteiger partial charge on any atom is 0.124 e. The highest BCUT2D eigenvalue weighted by Crippen LogP contribution is 2.39. The molecule has 0 bridgehead atoms. The molecule has 7 nitrogen and oxygen atoms in total. The number of hydrogen-bond donors (Lipinski definition) is 1. The molecule has 2 N–H and O–H groups in total. The van der Waals surface area contributed by atoms with E-state index in [4.69, 9.17) is 10.8 Å². The predicted molar refractivity (Wildman–Crippen MR) is 131 cm³/mol. The van der Waals surface area contributed by atoms with Crippen LogP contribution in [-0.2, 0) is 0 Å². The second-order valence-electron chi connectivity index (χ2n) is 9.38. The summed E-state index contributed by atoms with van der Waals surface area (Å²) >= 11 is 1.32. The number of halogens is 1. The molecule has 0 spiro atoms. The molecule has 0 aliphatic heterocycles. The molecule has 1 saturated carbocycles. The van der Waals surface area contributed by atoms with Crippen LogP contribution in [0.5, 0.6) is 0 Å². The van der Waals surface area contributed by atoms with Crippen LogP contribution in [0, 0.1) is 35.4 Å². The van der Waals surface area contributed by atoms with Crippen molar-refractivity contribution in [2.24, 2.45) is 5.73 Å². The average molecular weight is 486 g/mol. The quantitative estimate of drug-likeness (QED) is 0.416. The smallest absolute Gasteiger partial charge is 0.124 e. The Balaban J connectivity index is 1.58. The van der Waals surface area contributed by atoms with E-state index >= 15 is 0 Å². The first-order valence-corrected chi connectivity index (χ1v) is 12.2. The molecule has 0 amide bonds. The minimum Gasteiger partial charge on any atom is -0.325 e. The monoisotopic (exact) mass is 485 g/mol. The van der Waals surface area contributed by atoms with Gasteiger partial charge in [-0.15, -0.1) is 0 Å². The highest BCUT2D eigenvalue weighted by Gasteiger charge is 2.29. The van der Waals surface area contributed by atoms with Crippen molar-refractivity contribution in [3.8, 4) is 23.3 Å². The molecular formula is C26H24FN7S. The lowest BCUT2D eigenvalue weighted by Crippen LogP contribution is -2.40. The van der Waals surface area contributed by atoms with Crippen LogP contribution in [0.15, 0.2) is 52.6 Å². The first kappa shape index (κ1) is 23.1. The number of fused-ring (bicyclic) bond motifs is 1. The summed E-state index contributed by atoms with van der Waals surface area (Å²) in [6.45, 7) is 4.17. The van der Waals surface area contributed by atoms with Crippen LogP contribution in [-0.4, -0.2) is 24.9 Å². The van der Waals surface area contributed by atoms with E-state index in [0.717, 1.165) is 47.4 Å². The SMILES string of the molecule is Cc1c(-c2cc(Sc3ccc(F)cc3C#N)c3c(C#N)cnn3c2)cnn1[C@H]1CC[C@@](C)(N)CC1. The van der Waals surface area contributed by atoms with E-state index in [-0.39, 0.29) is 11.1 Å². The predicted octanol–water partition coefficient (Wildman–Crippen LogP) is 5.37. The van der Waals surface area contributed by atoms with Gasteiger partial charge in [-0.1, -0.05) is 11.8 Å². The zero-order chi connectivity index (χ0) is 24.7. The number of aromatic nitrogens is 4. The lowest BCUT2D eigenvalue weighted by Gasteiger charge is -2.34. The third kappa shape index (κ3) is 4.29. The molecule has 3 aromatic heterocycles. The maximum atomic E-state index is 13.7. The number of hydrogen-bond acceptors (Lipinski definition) is 6. The van der Waals surface area contributed by atoms with Gasteiger partial charge in [-0.3, -0.25) is 4.68 Å². The Bertz CT molecular complexity index is 1510.